The molecule has 1 saturated carbocycles. The van der Waals surface area contributed by atoms with Crippen LogP contribution in [-0.4, -0.2) is 36.2 Å². The van der Waals surface area contributed by atoms with E-state index in [0.717, 1.165) is 11.0 Å². The molecule has 0 atom stereocenters. The maximum atomic E-state index is 5.65. The average molecular weight is 301 g/mol. The number of anilines is 1. The van der Waals surface area contributed by atoms with Gasteiger partial charge in [0.25, 0.3) is 0 Å². The Morgan fingerprint density at radius 2 is 2.35 bits per heavy atom. The van der Waals surface area contributed by atoms with Crippen molar-refractivity contribution < 1.29 is 4.74 Å². The van der Waals surface area contributed by atoms with Crippen LogP contribution in [0.2, 0.25) is 0 Å². The summed E-state index contributed by atoms with van der Waals surface area (Å²) in [7, 11) is 1.60. The van der Waals surface area contributed by atoms with Gasteiger partial charge < -0.3 is 15.4 Å². The first-order valence-electron chi connectivity index (χ1n) is 5.79. The number of halogens is 1. The molecule has 0 unspecified atom stereocenters. The summed E-state index contributed by atoms with van der Waals surface area (Å²) >= 11 is 3.35. The molecule has 0 saturated heterocycles. The van der Waals surface area contributed by atoms with E-state index in [1.165, 1.54) is 19.3 Å². The first-order valence-corrected chi connectivity index (χ1v) is 6.58. The number of nitrogens with two attached hydrogens (primary N) is 1. The zero-order valence-corrected chi connectivity index (χ0v) is 11.5. The van der Waals surface area contributed by atoms with Crippen LogP contribution in [0.3, 0.4) is 0 Å². The molecule has 0 radical (unpaired) electrons. The lowest BCUT2D eigenvalue weighted by atomic mass is 9.91. The van der Waals surface area contributed by atoms with Crippen LogP contribution in [0.1, 0.15) is 19.3 Å². The Balaban J connectivity index is 2.22. The standard InChI is InChI=1S/C11H17BrN4O/c1-17-10-9(12)7-14-11(15-10)16(6-5-13)8-3-2-4-8/h7-8H,2-6,13H2,1H3. The molecule has 1 aromatic rings. The van der Waals surface area contributed by atoms with Gasteiger partial charge in [0, 0.05) is 19.1 Å². The smallest absolute Gasteiger partial charge is 0.232 e. The molecule has 0 bridgehead atoms. The molecule has 94 valence electrons. The van der Waals surface area contributed by atoms with Gasteiger partial charge in [-0.1, -0.05) is 0 Å². The fourth-order valence-electron chi connectivity index (χ4n) is 1.91. The molecule has 0 aliphatic heterocycles. The van der Waals surface area contributed by atoms with Crippen LogP contribution in [0.4, 0.5) is 5.95 Å². The molecular formula is C11H17BrN4O. The summed E-state index contributed by atoms with van der Waals surface area (Å²) in [5, 5.41) is 0. The number of aromatic nitrogens is 2. The van der Waals surface area contributed by atoms with Crippen LogP contribution in [0.15, 0.2) is 10.7 Å². The third-order valence-electron chi connectivity index (χ3n) is 3.03. The summed E-state index contributed by atoms with van der Waals surface area (Å²) in [4.78, 5) is 10.9. The lowest BCUT2D eigenvalue weighted by molar-refractivity contribution is 0.374. The second-order valence-corrected chi connectivity index (χ2v) is 4.95. The van der Waals surface area contributed by atoms with Crippen molar-refractivity contribution >= 4 is 21.9 Å². The molecule has 1 aromatic heterocycles. The first kappa shape index (κ1) is 12.6. The molecule has 0 amide bonds. The van der Waals surface area contributed by atoms with Crippen molar-refractivity contribution in [2.75, 3.05) is 25.1 Å². The van der Waals surface area contributed by atoms with Gasteiger partial charge in [0.15, 0.2) is 0 Å². The molecule has 5 nitrogen and oxygen atoms in total. The van der Waals surface area contributed by atoms with Crippen LogP contribution < -0.4 is 15.4 Å². The molecule has 1 fully saturated rings. The van der Waals surface area contributed by atoms with Gasteiger partial charge in [-0.05, 0) is 35.2 Å². The SMILES string of the molecule is COc1nc(N(CCN)C2CCC2)ncc1Br. The van der Waals surface area contributed by atoms with Gasteiger partial charge in [-0.25, -0.2) is 4.98 Å². The normalized spacial score (nSPS) is 15.5. The van der Waals surface area contributed by atoms with Gasteiger partial charge in [0.2, 0.25) is 11.8 Å². The lowest BCUT2D eigenvalue weighted by Gasteiger charge is -2.37. The average Bonchev–Trinajstić information content (AvgIpc) is 2.27. The van der Waals surface area contributed by atoms with Crippen LogP contribution in [-0.2, 0) is 0 Å². The zero-order valence-electron chi connectivity index (χ0n) is 9.90. The van der Waals surface area contributed by atoms with E-state index in [0.29, 0.717) is 24.4 Å². The highest BCUT2D eigenvalue weighted by atomic mass is 79.9. The number of methoxy groups -OCH3 is 1. The van der Waals surface area contributed by atoms with Gasteiger partial charge in [-0.2, -0.15) is 4.98 Å². The Bertz CT molecular complexity index is 384. The second-order valence-electron chi connectivity index (χ2n) is 4.09. The Kier molecular flexibility index (Phi) is 4.17. The summed E-state index contributed by atoms with van der Waals surface area (Å²) in [6, 6.07) is 0.532. The van der Waals surface area contributed by atoms with Crippen molar-refractivity contribution in [3.63, 3.8) is 0 Å². The second kappa shape index (κ2) is 5.64. The van der Waals surface area contributed by atoms with Gasteiger partial charge >= 0.3 is 0 Å². The quantitative estimate of drug-likeness (QED) is 0.894. The maximum absolute atomic E-state index is 5.65. The summed E-state index contributed by atoms with van der Waals surface area (Å²) in [6.07, 6.45) is 5.40. The van der Waals surface area contributed by atoms with E-state index in [1.807, 2.05) is 0 Å². The van der Waals surface area contributed by atoms with Gasteiger partial charge in [-0.15, -0.1) is 0 Å². The molecule has 2 N–H and O–H groups in total. The van der Waals surface area contributed by atoms with E-state index in [2.05, 4.69) is 30.8 Å². The molecule has 1 aliphatic carbocycles. The molecule has 6 heteroatoms. The minimum atomic E-state index is 0.532. The number of nitrogens with zero attached hydrogens (tertiary/aromatic N) is 3. The Hall–Kier alpha value is -0.880. The number of hydrogen-bond acceptors (Lipinski definition) is 5. The highest BCUT2D eigenvalue weighted by Gasteiger charge is 2.26. The van der Waals surface area contributed by atoms with Crippen molar-refractivity contribution in [1.82, 2.24) is 9.97 Å². The minimum absolute atomic E-state index is 0.532. The maximum Gasteiger partial charge on any atom is 0.232 e. The summed E-state index contributed by atoms with van der Waals surface area (Å²) in [5.41, 5.74) is 5.65. The van der Waals surface area contributed by atoms with Crippen LogP contribution >= 0.6 is 15.9 Å². The molecule has 0 spiro atoms. The Labute approximate surface area is 110 Å². The van der Waals surface area contributed by atoms with Crippen LogP contribution in [0, 0.1) is 0 Å². The van der Waals surface area contributed by atoms with Crippen molar-refractivity contribution in [3.05, 3.63) is 10.7 Å². The predicted molar refractivity (Wildman–Crippen MR) is 70.3 cm³/mol. The molecule has 17 heavy (non-hydrogen) atoms. The third kappa shape index (κ3) is 2.69. The lowest BCUT2D eigenvalue weighted by Crippen LogP contribution is -2.44. The van der Waals surface area contributed by atoms with E-state index in [4.69, 9.17) is 10.5 Å². The Morgan fingerprint density at radius 3 is 2.88 bits per heavy atom. The van der Waals surface area contributed by atoms with Crippen molar-refractivity contribution in [1.29, 1.82) is 0 Å². The van der Waals surface area contributed by atoms with E-state index in [-0.39, 0.29) is 0 Å². The van der Waals surface area contributed by atoms with Crippen molar-refractivity contribution in [2.45, 2.75) is 25.3 Å². The Morgan fingerprint density at radius 1 is 1.59 bits per heavy atom. The predicted octanol–water partition coefficient (Wildman–Crippen LogP) is 1.57. The van der Waals surface area contributed by atoms with Crippen molar-refractivity contribution in [3.8, 4) is 5.88 Å². The summed E-state index contributed by atoms with van der Waals surface area (Å²) in [5.74, 6) is 1.27. The molecule has 1 heterocycles. The largest absolute Gasteiger partial charge is 0.480 e. The van der Waals surface area contributed by atoms with Gasteiger partial charge in [0.05, 0.1) is 17.8 Å². The van der Waals surface area contributed by atoms with Gasteiger partial charge in [-0.3, -0.25) is 0 Å². The topological polar surface area (TPSA) is 64.3 Å². The molecule has 1 aliphatic rings. The third-order valence-corrected chi connectivity index (χ3v) is 3.58. The summed E-state index contributed by atoms with van der Waals surface area (Å²) in [6.45, 7) is 1.40. The monoisotopic (exact) mass is 300 g/mol. The molecule has 0 aromatic carbocycles. The number of rotatable bonds is 5. The highest BCUT2D eigenvalue weighted by Crippen LogP contribution is 2.29. The van der Waals surface area contributed by atoms with Crippen molar-refractivity contribution in [2.24, 2.45) is 5.73 Å². The minimum Gasteiger partial charge on any atom is -0.480 e. The number of ether oxygens (including phenoxy) is 1. The molecule has 2 rings (SSSR count). The van der Waals surface area contributed by atoms with E-state index in [9.17, 15) is 0 Å². The zero-order chi connectivity index (χ0) is 12.3. The first-order chi connectivity index (χ1) is 8.26. The van der Waals surface area contributed by atoms with E-state index in [1.54, 1.807) is 13.3 Å². The van der Waals surface area contributed by atoms with E-state index < -0.39 is 0 Å². The fourth-order valence-corrected chi connectivity index (χ4v) is 2.26. The fraction of sp³-hybridized carbons (Fsp3) is 0.636. The molecular weight excluding hydrogens is 284 g/mol. The van der Waals surface area contributed by atoms with Gasteiger partial charge in [0.1, 0.15) is 0 Å². The van der Waals surface area contributed by atoms with Crippen LogP contribution in [0.25, 0.3) is 0 Å². The van der Waals surface area contributed by atoms with Crippen LogP contribution in [0.5, 0.6) is 5.88 Å². The summed E-state index contributed by atoms with van der Waals surface area (Å²) < 4.78 is 5.96. The van der Waals surface area contributed by atoms with E-state index >= 15 is 0 Å². The number of hydrogen-bond donors (Lipinski definition) is 1. The highest BCUT2D eigenvalue weighted by molar-refractivity contribution is 9.10.